The number of phenols is 3. The van der Waals surface area contributed by atoms with Crippen molar-refractivity contribution in [3.05, 3.63) is 35.4 Å². The SMILES string of the molecule is O=C1C[C@H](c2cc(O)c(O)cc2O[C@H]2OC[C@H](O)[C@H](O)[C@H]2O)Oc2cc(O[C@H]3O[C@H](CO)[C@@H](O)[C@H](O)[C@H]3O)cc(O)c21. The topological polar surface area (TPSA) is 266 Å². The number of ether oxygens (including phenoxy) is 5. The molecule has 16 heteroatoms. The van der Waals surface area contributed by atoms with Gasteiger partial charge in [-0.05, 0) is 6.07 Å². The smallest absolute Gasteiger partial charge is 0.229 e. The molecule has 0 radical (unpaired) electrons. The van der Waals surface area contributed by atoms with Crippen LogP contribution >= 0.6 is 0 Å². The second kappa shape index (κ2) is 11.7. The second-order valence-corrected chi connectivity index (χ2v) is 10.1. The van der Waals surface area contributed by atoms with Gasteiger partial charge in [-0.2, -0.15) is 0 Å². The first-order chi connectivity index (χ1) is 19.9. The average molecular weight is 599 g/mol. The molecule has 42 heavy (non-hydrogen) atoms. The Morgan fingerprint density at radius 3 is 2.19 bits per heavy atom. The summed E-state index contributed by atoms with van der Waals surface area (Å²) < 4.78 is 27.7. The third-order valence-corrected chi connectivity index (χ3v) is 7.23. The third-order valence-electron chi connectivity index (χ3n) is 7.23. The molecule has 0 aromatic heterocycles. The largest absolute Gasteiger partial charge is 0.507 e. The molecule has 5 rings (SSSR count). The molecule has 230 valence electrons. The van der Waals surface area contributed by atoms with Gasteiger partial charge < -0.3 is 74.7 Å². The van der Waals surface area contributed by atoms with Gasteiger partial charge in [0.15, 0.2) is 17.3 Å². The normalized spacial score (nSPS) is 34.8. The van der Waals surface area contributed by atoms with Gasteiger partial charge in [0.25, 0.3) is 0 Å². The summed E-state index contributed by atoms with van der Waals surface area (Å²) in [5.41, 5.74) is -0.221. The molecule has 3 heterocycles. The molecule has 0 saturated carbocycles. The maximum absolute atomic E-state index is 13.1. The van der Waals surface area contributed by atoms with E-state index in [4.69, 9.17) is 23.7 Å². The standard InChI is InChI=1S/C26H30O16/c27-6-18-21(34)22(35)24(37)26(42-18)39-8-1-12(30)19-13(31)5-15(40-17(19)2-8)9-3-10(28)11(29)4-16(9)41-25-23(36)20(33)14(32)7-38-25/h1-4,14-15,18,20-30,32-37H,5-7H2/t14-,15+,18+,20-,21+,22-,23+,24+,25+,26-/m0/s1. The van der Waals surface area contributed by atoms with Gasteiger partial charge in [0.1, 0.15) is 77.4 Å². The number of aromatic hydroxyl groups is 3. The Bertz CT molecular complexity index is 1320. The Kier molecular flexibility index (Phi) is 8.35. The fourth-order valence-electron chi connectivity index (χ4n) is 4.89. The van der Waals surface area contributed by atoms with E-state index < -0.39 is 91.1 Å². The molecule has 10 atom stereocenters. The number of ketones is 1. The fourth-order valence-corrected chi connectivity index (χ4v) is 4.89. The monoisotopic (exact) mass is 598 g/mol. The van der Waals surface area contributed by atoms with E-state index >= 15 is 0 Å². The molecule has 16 nitrogen and oxygen atoms in total. The van der Waals surface area contributed by atoms with E-state index in [1.807, 2.05) is 0 Å². The lowest BCUT2D eigenvalue weighted by Crippen LogP contribution is -2.60. The maximum Gasteiger partial charge on any atom is 0.229 e. The van der Waals surface area contributed by atoms with Crippen LogP contribution in [0.3, 0.4) is 0 Å². The van der Waals surface area contributed by atoms with Gasteiger partial charge in [-0.15, -0.1) is 0 Å². The number of benzene rings is 2. The average Bonchev–Trinajstić information content (AvgIpc) is 2.94. The van der Waals surface area contributed by atoms with Crippen molar-refractivity contribution in [2.75, 3.05) is 13.2 Å². The number of carbonyl (C=O) groups excluding carboxylic acids is 1. The molecule has 3 aliphatic heterocycles. The maximum atomic E-state index is 13.1. The van der Waals surface area contributed by atoms with Gasteiger partial charge in [-0.1, -0.05) is 0 Å². The highest BCUT2D eigenvalue weighted by atomic mass is 16.7. The molecular weight excluding hydrogens is 568 g/mol. The van der Waals surface area contributed by atoms with E-state index in [9.17, 15) is 55.9 Å². The third kappa shape index (κ3) is 5.51. The van der Waals surface area contributed by atoms with Gasteiger partial charge >= 0.3 is 0 Å². The summed E-state index contributed by atoms with van der Waals surface area (Å²) in [6, 6.07) is 4.22. The van der Waals surface area contributed by atoms with Crippen LogP contribution in [0.25, 0.3) is 0 Å². The van der Waals surface area contributed by atoms with Crippen molar-refractivity contribution in [1.29, 1.82) is 0 Å². The summed E-state index contributed by atoms with van der Waals surface area (Å²) in [5, 5.41) is 100. The van der Waals surface area contributed by atoms with Gasteiger partial charge in [0.2, 0.25) is 12.6 Å². The van der Waals surface area contributed by atoms with Crippen molar-refractivity contribution in [3.8, 4) is 34.5 Å². The van der Waals surface area contributed by atoms with E-state index in [1.165, 1.54) is 6.07 Å². The predicted molar refractivity (Wildman–Crippen MR) is 133 cm³/mol. The highest BCUT2D eigenvalue weighted by Crippen LogP contribution is 2.46. The number of Topliss-reactive ketones (excluding diaryl/α,β-unsaturated/α-hetero) is 1. The number of hydrogen-bond acceptors (Lipinski definition) is 16. The van der Waals surface area contributed by atoms with Crippen LogP contribution in [-0.4, -0.2) is 125 Å². The van der Waals surface area contributed by atoms with Crippen molar-refractivity contribution in [1.82, 2.24) is 0 Å². The zero-order valence-electron chi connectivity index (χ0n) is 21.6. The minimum absolute atomic E-state index is 0.000423. The second-order valence-electron chi connectivity index (χ2n) is 10.1. The first-order valence-electron chi connectivity index (χ1n) is 12.8. The minimum atomic E-state index is -1.76. The van der Waals surface area contributed by atoms with Crippen molar-refractivity contribution in [3.63, 3.8) is 0 Å². The summed E-state index contributed by atoms with van der Waals surface area (Å²) >= 11 is 0. The summed E-state index contributed by atoms with van der Waals surface area (Å²) in [6.45, 7) is -1.09. The first-order valence-corrected chi connectivity index (χ1v) is 12.8. The molecule has 3 aliphatic rings. The van der Waals surface area contributed by atoms with Crippen molar-refractivity contribution >= 4 is 5.78 Å². The van der Waals surface area contributed by atoms with Crippen molar-refractivity contribution in [2.45, 2.75) is 67.8 Å². The van der Waals surface area contributed by atoms with Gasteiger partial charge in [-0.25, -0.2) is 0 Å². The molecule has 2 aromatic carbocycles. The summed E-state index contributed by atoms with van der Waals surface area (Å²) in [5.74, 6) is -3.02. The summed E-state index contributed by atoms with van der Waals surface area (Å²) in [4.78, 5) is 13.1. The molecular formula is C26H30O16. The highest BCUT2D eigenvalue weighted by molar-refractivity contribution is 6.02. The molecule has 2 fully saturated rings. The number of carbonyl (C=O) groups is 1. The summed E-state index contributed by atoms with van der Waals surface area (Å²) in [7, 11) is 0. The zero-order valence-corrected chi connectivity index (χ0v) is 21.6. The van der Waals surface area contributed by atoms with Crippen LogP contribution < -0.4 is 14.2 Å². The lowest BCUT2D eigenvalue weighted by atomic mass is 9.94. The number of hydrogen-bond donors (Lipinski definition) is 10. The van der Waals surface area contributed by atoms with E-state index in [-0.39, 0.29) is 41.4 Å². The van der Waals surface area contributed by atoms with Gasteiger partial charge in [0.05, 0.1) is 19.6 Å². The molecule has 0 aliphatic carbocycles. The Hall–Kier alpha value is -3.45. The Morgan fingerprint density at radius 2 is 1.48 bits per heavy atom. The number of phenolic OH excluding ortho intramolecular Hbond substituents is 3. The molecule has 0 amide bonds. The van der Waals surface area contributed by atoms with Crippen LogP contribution in [0.2, 0.25) is 0 Å². The van der Waals surface area contributed by atoms with Gasteiger partial charge in [0, 0.05) is 23.8 Å². The number of aliphatic hydroxyl groups excluding tert-OH is 7. The van der Waals surface area contributed by atoms with Crippen LogP contribution in [0.1, 0.15) is 28.4 Å². The molecule has 0 bridgehead atoms. The first kappa shape index (κ1) is 30.0. The number of fused-ring (bicyclic) bond motifs is 1. The van der Waals surface area contributed by atoms with E-state index in [2.05, 4.69) is 0 Å². The van der Waals surface area contributed by atoms with Crippen LogP contribution in [0.15, 0.2) is 24.3 Å². The van der Waals surface area contributed by atoms with E-state index in [1.54, 1.807) is 0 Å². The van der Waals surface area contributed by atoms with Crippen LogP contribution in [0.5, 0.6) is 34.5 Å². The lowest BCUT2D eigenvalue weighted by Gasteiger charge is -2.39. The quantitative estimate of drug-likeness (QED) is 0.154. The summed E-state index contributed by atoms with van der Waals surface area (Å²) in [6.07, 6.45) is -15.8. The Labute approximate surface area is 236 Å². The lowest BCUT2D eigenvalue weighted by molar-refractivity contribution is -0.277. The van der Waals surface area contributed by atoms with Crippen LogP contribution in [0, 0.1) is 0 Å². The number of aliphatic hydroxyl groups is 7. The van der Waals surface area contributed by atoms with Gasteiger partial charge in [-0.3, -0.25) is 4.79 Å². The fraction of sp³-hybridized carbons (Fsp3) is 0.500. The molecule has 0 unspecified atom stereocenters. The molecule has 10 N–H and O–H groups in total. The Morgan fingerprint density at radius 1 is 0.786 bits per heavy atom. The highest BCUT2D eigenvalue weighted by Gasteiger charge is 2.45. The van der Waals surface area contributed by atoms with Crippen LogP contribution in [-0.2, 0) is 9.47 Å². The van der Waals surface area contributed by atoms with Crippen molar-refractivity contribution < 1.29 is 79.5 Å². The molecule has 2 saturated heterocycles. The zero-order chi connectivity index (χ0) is 30.5. The minimum Gasteiger partial charge on any atom is -0.507 e. The molecule has 2 aromatic rings. The molecule has 0 spiro atoms. The van der Waals surface area contributed by atoms with Crippen molar-refractivity contribution in [2.24, 2.45) is 0 Å². The predicted octanol–water partition coefficient (Wildman–Crippen LogP) is -2.49. The Balaban J connectivity index is 1.43. The van der Waals surface area contributed by atoms with E-state index in [0.29, 0.717) is 0 Å². The van der Waals surface area contributed by atoms with E-state index in [0.717, 1.165) is 18.2 Å². The number of rotatable bonds is 6. The van der Waals surface area contributed by atoms with Crippen LogP contribution in [0.4, 0.5) is 0 Å².